The molecule has 0 saturated heterocycles. The van der Waals surface area contributed by atoms with Gasteiger partial charge in [0.1, 0.15) is 0 Å². The van der Waals surface area contributed by atoms with E-state index in [1.807, 2.05) is 43.3 Å². The van der Waals surface area contributed by atoms with Gasteiger partial charge in [0.15, 0.2) is 0 Å². The second kappa shape index (κ2) is 4.56. The minimum Gasteiger partial charge on any atom is -0.388 e. The molecule has 16 heavy (non-hydrogen) atoms. The average Bonchev–Trinajstić information content (AvgIpc) is 2.25. The number of carbonyl (C=O) groups is 1. The molecule has 1 fully saturated rings. The molecule has 1 aromatic rings. The van der Waals surface area contributed by atoms with E-state index in [-0.39, 0.29) is 5.91 Å². The molecule has 0 unspecified atom stereocenters. The monoisotopic (exact) mass is 218 g/mol. The summed E-state index contributed by atoms with van der Waals surface area (Å²) in [5.41, 5.74) is 1.74. The molecule has 1 aliphatic carbocycles. The first-order chi connectivity index (χ1) is 7.72. The van der Waals surface area contributed by atoms with E-state index >= 15 is 0 Å². The normalized spacial score (nSPS) is 15.4. The maximum atomic E-state index is 12.1. The predicted molar refractivity (Wildman–Crippen MR) is 65.7 cm³/mol. The minimum absolute atomic E-state index is 0.127. The molecule has 0 atom stereocenters. The van der Waals surface area contributed by atoms with E-state index in [0.717, 1.165) is 24.1 Å². The maximum absolute atomic E-state index is 12.1. The van der Waals surface area contributed by atoms with Gasteiger partial charge in [0, 0.05) is 31.4 Å². The van der Waals surface area contributed by atoms with Crippen molar-refractivity contribution >= 4 is 11.6 Å². The van der Waals surface area contributed by atoms with E-state index in [1.54, 1.807) is 0 Å². The van der Waals surface area contributed by atoms with Crippen LogP contribution in [0.4, 0.5) is 5.69 Å². The van der Waals surface area contributed by atoms with Gasteiger partial charge in [0.2, 0.25) is 0 Å². The molecule has 2 rings (SSSR count). The van der Waals surface area contributed by atoms with Crippen LogP contribution >= 0.6 is 0 Å². The van der Waals surface area contributed by atoms with Crippen LogP contribution in [0.2, 0.25) is 0 Å². The van der Waals surface area contributed by atoms with Crippen molar-refractivity contribution in [3.05, 3.63) is 29.8 Å². The molecule has 1 saturated carbocycles. The quantitative estimate of drug-likeness (QED) is 0.844. The van der Waals surface area contributed by atoms with Crippen LogP contribution in [-0.4, -0.2) is 30.9 Å². The van der Waals surface area contributed by atoms with Crippen molar-refractivity contribution in [2.24, 2.45) is 0 Å². The smallest absolute Gasteiger partial charge is 0.253 e. The molecule has 0 heterocycles. The Labute approximate surface area is 96.5 Å². The van der Waals surface area contributed by atoms with Crippen LogP contribution < -0.4 is 5.32 Å². The van der Waals surface area contributed by atoms with Crippen molar-refractivity contribution in [2.45, 2.75) is 25.3 Å². The Morgan fingerprint density at radius 2 is 2.19 bits per heavy atom. The number of nitrogens with zero attached hydrogens (tertiary/aromatic N) is 1. The van der Waals surface area contributed by atoms with Gasteiger partial charge in [0.05, 0.1) is 0 Å². The lowest BCUT2D eigenvalue weighted by Crippen LogP contribution is -2.41. The fourth-order valence-corrected chi connectivity index (χ4v) is 1.95. The van der Waals surface area contributed by atoms with Gasteiger partial charge in [0.25, 0.3) is 5.91 Å². The van der Waals surface area contributed by atoms with E-state index in [2.05, 4.69) is 5.32 Å². The van der Waals surface area contributed by atoms with Gasteiger partial charge in [-0.1, -0.05) is 6.07 Å². The van der Waals surface area contributed by atoms with E-state index in [0.29, 0.717) is 6.04 Å². The van der Waals surface area contributed by atoms with Crippen molar-refractivity contribution in [1.29, 1.82) is 0 Å². The summed E-state index contributed by atoms with van der Waals surface area (Å²) in [6, 6.07) is 8.09. The van der Waals surface area contributed by atoms with E-state index < -0.39 is 0 Å². The van der Waals surface area contributed by atoms with Gasteiger partial charge in [-0.15, -0.1) is 0 Å². The second-order valence-corrected chi connectivity index (χ2v) is 4.33. The van der Waals surface area contributed by atoms with Gasteiger partial charge in [-0.05, 0) is 37.5 Å². The predicted octanol–water partition coefficient (Wildman–Crippen LogP) is 2.35. The summed E-state index contributed by atoms with van der Waals surface area (Å²) in [5.74, 6) is 0.127. The first kappa shape index (κ1) is 11.0. The van der Waals surface area contributed by atoms with Crippen LogP contribution in [0.5, 0.6) is 0 Å². The molecule has 0 bridgehead atoms. The molecule has 0 aromatic heterocycles. The molecule has 3 heteroatoms. The maximum Gasteiger partial charge on any atom is 0.253 e. The Morgan fingerprint density at radius 3 is 2.75 bits per heavy atom. The van der Waals surface area contributed by atoms with Gasteiger partial charge in [-0.25, -0.2) is 0 Å². The lowest BCUT2D eigenvalue weighted by molar-refractivity contribution is 0.0652. The first-order valence-corrected chi connectivity index (χ1v) is 5.77. The summed E-state index contributed by atoms with van der Waals surface area (Å²) in [6.07, 6.45) is 3.54. The molecule has 1 N–H and O–H groups in total. The highest BCUT2D eigenvalue weighted by atomic mass is 16.2. The Hall–Kier alpha value is -1.51. The van der Waals surface area contributed by atoms with Crippen LogP contribution in [-0.2, 0) is 0 Å². The molecule has 0 spiro atoms. The van der Waals surface area contributed by atoms with E-state index in [1.165, 1.54) is 6.42 Å². The van der Waals surface area contributed by atoms with Crippen molar-refractivity contribution in [3.63, 3.8) is 0 Å². The Morgan fingerprint density at radius 1 is 1.44 bits per heavy atom. The summed E-state index contributed by atoms with van der Waals surface area (Å²) in [4.78, 5) is 14.0. The topological polar surface area (TPSA) is 32.3 Å². The van der Waals surface area contributed by atoms with Crippen LogP contribution in [0.15, 0.2) is 24.3 Å². The fourth-order valence-electron chi connectivity index (χ4n) is 1.95. The SMILES string of the molecule is CNc1cccc(C(=O)N(C)C2CCC2)c1. The second-order valence-electron chi connectivity index (χ2n) is 4.33. The number of nitrogens with one attached hydrogen (secondary N) is 1. The lowest BCUT2D eigenvalue weighted by Gasteiger charge is -2.34. The molecule has 1 aromatic carbocycles. The fraction of sp³-hybridized carbons (Fsp3) is 0.462. The largest absolute Gasteiger partial charge is 0.388 e. The van der Waals surface area contributed by atoms with Gasteiger partial charge in [-0.3, -0.25) is 4.79 Å². The van der Waals surface area contributed by atoms with Crippen LogP contribution in [0.25, 0.3) is 0 Å². The lowest BCUT2D eigenvalue weighted by atomic mass is 9.91. The molecule has 3 nitrogen and oxygen atoms in total. The number of rotatable bonds is 3. The zero-order chi connectivity index (χ0) is 11.5. The summed E-state index contributed by atoms with van der Waals surface area (Å²) in [7, 11) is 3.76. The standard InChI is InChI=1S/C13H18N2O/c1-14-11-6-3-5-10(9-11)13(16)15(2)12-7-4-8-12/h3,5-6,9,12,14H,4,7-8H2,1-2H3. The number of anilines is 1. The molecule has 0 aliphatic heterocycles. The number of benzene rings is 1. The van der Waals surface area contributed by atoms with Crippen molar-refractivity contribution in [2.75, 3.05) is 19.4 Å². The Balaban J connectivity index is 2.12. The summed E-state index contributed by atoms with van der Waals surface area (Å²) in [6.45, 7) is 0. The number of hydrogen-bond acceptors (Lipinski definition) is 2. The first-order valence-electron chi connectivity index (χ1n) is 5.77. The van der Waals surface area contributed by atoms with Crippen molar-refractivity contribution in [3.8, 4) is 0 Å². The van der Waals surface area contributed by atoms with Crippen molar-refractivity contribution in [1.82, 2.24) is 4.90 Å². The van der Waals surface area contributed by atoms with Crippen LogP contribution in [0.3, 0.4) is 0 Å². The third-order valence-electron chi connectivity index (χ3n) is 3.34. The molecule has 1 aliphatic rings. The molecular formula is C13H18N2O. The summed E-state index contributed by atoms with van der Waals surface area (Å²) >= 11 is 0. The molecule has 1 amide bonds. The highest BCUT2D eigenvalue weighted by Gasteiger charge is 2.26. The van der Waals surface area contributed by atoms with E-state index in [4.69, 9.17) is 0 Å². The zero-order valence-electron chi connectivity index (χ0n) is 9.86. The van der Waals surface area contributed by atoms with Gasteiger partial charge in [-0.2, -0.15) is 0 Å². The third kappa shape index (κ3) is 2.03. The van der Waals surface area contributed by atoms with Gasteiger partial charge >= 0.3 is 0 Å². The van der Waals surface area contributed by atoms with Gasteiger partial charge < -0.3 is 10.2 Å². The highest BCUT2D eigenvalue weighted by molar-refractivity contribution is 5.95. The van der Waals surface area contributed by atoms with E-state index in [9.17, 15) is 4.79 Å². The molecular weight excluding hydrogens is 200 g/mol. The summed E-state index contributed by atoms with van der Waals surface area (Å²) < 4.78 is 0. The number of carbonyl (C=O) groups excluding carboxylic acids is 1. The number of hydrogen-bond donors (Lipinski definition) is 1. The zero-order valence-corrected chi connectivity index (χ0v) is 9.86. The molecule has 0 radical (unpaired) electrons. The Bertz CT molecular complexity index is 385. The minimum atomic E-state index is 0.127. The number of amides is 1. The average molecular weight is 218 g/mol. The van der Waals surface area contributed by atoms with Crippen molar-refractivity contribution < 1.29 is 4.79 Å². The Kier molecular flexibility index (Phi) is 3.13. The summed E-state index contributed by atoms with van der Waals surface area (Å²) in [5, 5.41) is 3.05. The van der Waals surface area contributed by atoms with Crippen LogP contribution in [0.1, 0.15) is 29.6 Å². The molecule has 86 valence electrons. The highest BCUT2D eigenvalue weighted by Crippen LogP contribution is 2.25. The van der Waals surface area contributed by atoms with Crippen LogP contribution in [0, 0.1) is 0 Å². The third-order valence-corrected chi connectivity index (χ3v) is 3.34.